The summed E-state index contributed by atoms with van der Waals surface area (Å²) in [6.45, 7) is 10.4. The molecule has 4 aliphatic carbocycles. The number of ether oxygens (including phenoxy) is 2. The summed E-state index contributed by atoms with van der Waals surface area (Å²) in [4.78, 5) is 12.3. The van der Waals surface area contributed by atoms with E-state index in [1.807, 2.05) is 19.9 Å². The average molecular weight is 501 g/mol. The Morgan fingerprint density at radius 3 is 2.62 bits per heavy atom. The molecule has 2 saturated carbocycles. The molecule has 4 nitrogen and oxygen atoms in total. The molecule has 4 heteroatoms. The van der Waals surface area contributed by atoms with Gasteiger partial charge in [0.05, 0.1) is 0 Å². The minimum Gasteiger partial charge on any atom is -0.448 e. The van der Waals surface area contributed by atoms with Crippen LogP contribution in [0.1, 0.15) is 97.5 Å². The zero-order chi connectivity index (χ0) is 26.2. The lowest BCUT2D eigenvalue weighted by Crippen LogP contribution is -2.54. The van der Waals surface area contributed by atoms with Crippen molar-refractivity contribution in [3.8, 4) is 23.3 Å². The summed E-state index contributed by atoms with van der Waals surface area (Å²) in [5.74, 6) is 8.85. The zero-order valence-corrected chi connectivity index (χ0v) is 22.9. The van der Waals surface area contributed by atoms with Crippen LogP contribution >= 0.6 is 0 Å². The predicted molar refractivity (Wildman–Crippen MR) is 144 cm³/mol. The summed E-state index contributed by atoms with van der Waals surface area (Å²) in [5, 5.41) is 11.8. The van der Waals surface area contributed by atoms with Gasteiger partial charge in [0.2, 0.25) is 0 Å². The highest BCUT2D eigenvalue weighted by molar-refractivity contribution is 5.93. The molecule has 2 fully saturated rings. The standard InChI is InChI=1S/C33H40O4/c1-6-15-32(5,35)31(4)19-26(22-9-13-28-29(18-22)37-33(36-28)16-14-20(33)3)30-24-12-10-23(34)17-21(24)8-11-25(30)27(31)7-2/h9,13,17-18,20,25-27,35H,7-8,10-12,14,16,19H2,1-5H3/t20?,25-,26+,27-,31-,32+,33?/m0/s1. The Labute approximate surface area is 221 Å². The van der Waals surface area contributed by atoms with E-state index in [1.165, 1.54) is 22.3 Å². The number of rotatable bonds is 3. The third-order valence-electron chi connectivity index (χ3n) is 10.7. The second kappa shape index (κ2) is 8.50. The first kappa shape index (κ1) is 24.8. The maximum atomic E-state index is 12.3. The fourth-order valence-electron chi connectivity index (χ4n) is 8.27. The highest BCUT2D eigenvalue weighted by atomic mass is 16.7. The predicted octanol–water partition coefficient (Wildman–Crippen LogP) is 6.87. The number of carbonyl (C=O) groups excluding carboxylic acids is 1. The fraction of sp³-hybridized carbons (Fsp3) is 0.606. The van der Waals surface area contributed by atoms with Crippen LogP contribution in [-0.4, -0.2) is 22.3 Å². The maximum Gasteiger partial charge on any atom is 0.254 e. The molecule has 1 aromatic rings. The van der Waals surface area contributed by atoms with Gasteiger partial charge in [0, 0.05) is 30.1 Å². The lowest BCUT2D eigenvalue weighted by molar-refractivity contribution is -0.182. The molecule has 1 heterocycles. The van der Waals surface area contributed by atoms with Gasteiger partial charge in [-0.3, -0.25) is 4.79 Å². The fourth-order valence-corrected chi connectivity index (χ4v) is 8.27. The normalized spacial score (nSPS) is 37.6. The maximum absolute atomic E-state index is 12.3. The number of carbonyl (C=O) groups is 1. The van der Waals surface area contributed by atoms with Crippen LogP contribution in [0, 0.1) is 35.0 Å². The van der Waals surface area contributed by atoms with Gasteiger partial charge in [-0.1, -0.05) is 44.8 Å². The topological polar surface area (TPSA) is 55.8 Å². The first-order chi connectivity index (χ1) is 17.6. The number of fused-ring (bicyclic) bond motifs is 3. The van der Waals surface area contributed by atoms with Crippen LogP contribution in [0.4, 0.5) is 0 Å². The van der Waals surface area contributed by atoms with Crippen molar-refractivity contribution in [3.05, 3.63) is 46.6 Å². The molecule has 1 aliphatic heterocycles. The van der Waals surface area contributed by atoms with Crippen LogP contribution < -0.4 is 9.47 Å². The van der Waals surface area contributed by atoms with E-state index < -0.39 is 11.4 Å². The molecule has 6 rings (SSSR count). The van der Waals surface area contributed by atoms with E-state index in [4.69, 9.17) is 9.47 Å². The molecular formula is C33H40O4. The van der Waals surface area contributed by atoms with Crippen LogP contribution in [-0.2, 0) is 4.79 Å². The lowest BCUT2D eigenvalue weighted by atomic mass is 9.48. The molecule has 7 atom stereocenters. The van der Waals surface area contributed by atoms with E-state index in [0.717, 1.165) is 56.4 Å². The second-order valence-electron chi connectivity index (χ2n) is 12.5. The van der Waals surface area contributed by atoms with Gasteiger partial charge < -0.3 is 14.6 Å². The van der Waals surface area contributed by atoms with Crippen molar-refractivity contribution in [2.75, 3.05) is 0 Å². The van der Waals surface area contributed by atoms with Crippen LogP contribution in [0.15, 0.2) is 41.0 Å². The van der Waals surface area contributed by atoms with Gasteiger partial charge in [0.15, 0.2) is 17.3 Å². The highest BCUT2D eigenvalue weighted by Crippen LogP contribution is 2.63. The lowest BCUT2D eigenvalue weighted by Gasteiger charge is -2.57. The number of aliphatic hydroxyl groups is 1. The van der Waals surface area contributed by atoms with Gasteiger partial charge in [-0.15, -0.1) is 5.92 Å². The van der Waals surface area contributed by atoms with Crippen molar-refractivity contribution in [1.82, 2.24) is 0 Å². The Balaban J connectivity index is 1.49. The van der Waals surface area contributed by atoms with Gasteiger partial charge in [0.1, 0.15) is 5.60 Å². The molecule has 0 amide bonds. The third kappa shape index (κ3) is 3.57. The molecule has 196 valence electrons. The Bertz CT molecular complexity index is 1270. The minimum absolute atomic E-state index is 0.138. The van der Waals surface area contributed by atoms with Crippen LogP contribution in [0.2, 0.25) is 0 Å². The van der Waals surface area contributed by atoms with Crippen molar-refractivity contribution >= 4 is 5.78 Å². The monoisotopic (exact) mass is 500 g/mol. The van der Waals surface area contributed by atoms with Crippen molar-refractivity contribution in [2.45, 2.75) is 103 Å². The summed E-state index contributed by atoms with van der Waals surface area (Å²) in [6, 6.07) is 6.49. The largest absolute Gasteiger partial charge is 0.448 e. The molecule has 0 radical (unpaired) electrons. The summed E-state index contributed by atoms with van der Waals surface area (Å²) < 4.78 is 12.8. The molecule has 5 aliphatic rings. The first-order valence-electron chi connectivity index (χ1n) is 14.3. The summed E-state index contributed by atoms with van der Waals surface area (Å²) in [5.41, 5.74) is 3.89. The van der Waals surface area contributed by atoms with Crippen molar-refractivity contribution in [1.29, 1.82) is 0 Å². The summed E-state index contributed by atoms with van der Waals surface area (Å²) in [6.07, 6.45) is 9.15. The summed E-state index contributed by atoms with van der Waals surface area (Å²) >= 11 is 0. The smallest absolute Gasteiger partial charge is 0.254 e. The van der Waals surface area contributed by atoms with Gasteiger partial charge in [-0.25, -0.2) is 0 Å². The zero-order valence-electron chi connectivity index (χ0n) is 22.9. The third-order valence-corrected chi connectivity index (χ3v) is 10.7. The van der Waals surface area contributed by atoms with E-state index in [9.17, 15) is 9.90 Å². The molecule has 2 unspecified atom stereocenters. The van der Waals surface area contributed by atoms with Crippen LogP contribution in [0.25, 0.3) is 0 Å². The quantitative estimate of drug-likeness (QED) is 0.460. The number of ketones is 1. The average Bonchev–Trinajstić information content (AvgIpc) is 3.28. The Morgan fingerprint density at radius 1 is 1.16 bits per heavy atom. The van der Waals surface area contributed by atoms with Gasteiger partial charge in [0.25, 0.3) is 5.79 Å². The Hall–Kier alpha value is -2.51. The first-order valence-corrected chi connectivity index (χ1v) is 14.3. The van der Waals surface area contributed by atoms with Gasteiger partial charge in [-0.05, 0) is 92.7 Å². The van der Waals surface area contributed by atoms with E-state index in [0.29, 0.717) is 24.2 Å². The highest BCUT2D eigenvalue weighted by Gasteiger charge is 2.57. The van der Waals surface area contributed by atoms with Crippen molar-refractivity contribution < 1.29 is 19.4 Å². The van der Waals surface area contributed by atoms with Crippen LogP contribution in [0.5, 0.6) is 11.5 Å². The molecule has 0 saturated heterocycles. The second-order valence-corrected chi connectivity index (χ2v) is 12.5. The Kier molecular flexibility index (Phi) is 5.70. The molecule has 1 aromatic carbocycles. The van der Waals surface area contributed by atoms with Gasteiger partial charge in [-0.2, -0.15) is 0 Å². The summed E-state index contributed by atoms with van der Waals surface area (Å²) in [7, 11) is 0. The van der Waals surface area contributed by atoms with E-state index in [2.05, 4.69) is 50.8 Å². The minimum atomic E-state index is -1.10. The van der Waals surface area contributed by atoms with Crippen molar-refractivity contribution in [3.63, 3.8) is 0 Å². The van der Waals surface area contributed by atoms with Crippen molar-refractivity contribution in [2.24, 2.45) is 23.2 Å². The molecule has 0 aromatic heterocycles. The number of benzene rings is 1. The van der Waals surface area contributed by atoms with E-state index >= 15 is 0 Å². The molecule has 37 heavy (non-hydrogen) atoms. The van der Waals surface area contributed by atoms with Crippen LogP contribution in [0.3, 0.4) is 0 Å². The van der Waals surface area contributed by atoms with E-state index in [-0.39, 0.29) is 17.1 Å². The molecule has 1 N–H and O–H groups in total. The molecular weight excluding hydrogens is 460 g/mol. The SMILES string of the molecule is CC#C[C@@](C)(O)[C@@]1(C)C[C@H](c2ccc3c(c2)OC2(CCC2C)O3)C2=C3CCC(=O)C=C3CC[C@H]2[C@@H]1CC. The number of hydrogen-bond acceptors (Lipinski definition) is 4. The molecule has 0 bridgehead atoms. The number of allylic oxidation sites excluding steroid dienone is 4. The number of hydrogen-bond donors (Lipinski definition) is 1. The van der Waals surface area contributed by atoms with E-state index in [1.54, 1.807) is 0 Å². The van der Waals surface area contributed by atoms with Gasteiger partial charge >= 0.3 is 0 Å². The molecule has 1 spiro atoms. The Morgan fingerprint density at radius 2 is 1.95 bits per heavy atom.